The van der Waals surface area contributed by atoms with Gasteiger partial charge in [0.05, 0.1) is 12.2 Å². The first-order valence-corrected chi connectivity index (χ1v) is 9.61. The van der Waals surface area contributed by atoms with Crippen LogP contribution in [0.1, 0.15) is 29.4 Å². The van der Waals surface area contributed by atoms with Crippen LogP contribution in [0.3, 0.4) is 0 Å². The minimum Gasteiger partial charge on any atom is -0.303 e. The number of hydrogen-bond donors (Lipinski definition) is 0. The summed E-state index contributed by atoms with van der Waals surface area (Å²) in [5, 5.41) is 4.50. The number of imidazole rings is 1. The van der Waals surface area contributed by atoms with E-state index in [9.17, 15) is 9.59 Å². The number of rotatable bonds is 4. The smallest absolute Gasteiger partial charge is 0.303 e. The molecule has 29 heavy (non-hydrogen) atoms. The van der Waals surface area contributed by atoms with Crippen LogP contribution in [0.25, 0.3) is 17.1 Å². The predicted octanol–water partition coefficient (Wildman–Crippen LogP) is 2.08. The Labute approximate surface area is 167 Å². The monoisotopic (exact) mass is 392 g/mol. The number of hydrogen-bond acceptors (Lipinski definition) is 4. The number of nitrogens with zero attached hydrogens (tertiary/aromatic N) is 6. The molecule has 3 heterocycles. The zero-order valence-electron chi connectivity index (χ0n) is 17.3. The fraction of sp³-hybridized carbons (Fsp3) is 0.333. The average Bonchev–Trinajstić information content (AvgIpc) is 3.22. The molecule has 0 bridgehead atoms. The maximum Gasteiger partial charge on any atom is 0.332 e. The summed E-state index contributed by atoms with van der Waals surface area (Å²) in [6.45, 7) is 8.53. The van der Waals surface area contributed by atoms with Crippen LogP contribution < -0.4 is 11.2 Å². The summed E-state index contributed by atoms with van der Waals surface area (Å²) in [6, 6.07) is 9.76. The van der Waals surface area contributed by atoms with Gasteiger partial charge in [0.1, 0.15) is 0 Å². The van der Waals surface area contributed by atoms with Crippen molar-refractivity contribution in [2.75, 3.05) is 0 Å². The summed E-state index contributed by atoms with van der Waals surface area (Å²) in [5.74, 6) is 0.536. The van der Waals surface area contributed by atoms with Crippen molar-refractivity contribution in [1.82, 2.24) is 28.5 Å². The van der Waals surface area contributed by atoms with Gasteiger partial charge in [-0.15, -0.1) is 0 Å². The van der Waals surface area contributed by atoms with Crippen LogP contribution in [0, 0.1) is 20.8 Å². The fourth-order valence-electron chi connectivity index (χ4n) is 3.79. The van der Waals surface area contributed by atoms with Crippen LogP contribution in [0.2, 0.25) is 0 Å². The Hall–Kier alpha value is -3.42. The van der Waals surface area contributed by atoms with Gasteiger partial charge >= 0.3 is 5.69 Å². The maximum atomic E-state index is 13.4. The highest BCUT2D eigenvalue weighted by Crippen LogP contribution is 2.17. The second-order valence-electron chi connectivity index (χ2n) is 7.39. The van der Waals surface area contributed by atoms with Crippen LogP contribution in [-0.4, -0.2) is 28.5 Å². The van der Waals surface area contributed by atoms with Gasteiger partial charge in [-0.2, -0.15) is 10.1 Å². The van der Waals surface area contributed by atoms with Gasteiger partial charge in [0, 0.05) is 19.3 Å². The van der Waals surface area contributed by atoms with Crippen molar-refractivity contribution in [2.45, 2.75) is 40.8 Å². The summed E-state index contributed by atoms with van der Waals surface area (Å²) < 4.78 is 6.25. The summed E-state index contributed by atoms with van der Waals surface area (Å²) in [7, 11) is 1.65. The van der Waals surface area contributed by atoms with Crippen LogP contribution in [0.15, 0.2) is 39.9 Å². The lowest BCUT2D eigenvalue weighted by Gasteiger charge is -2.10. The fourth-order valence-corrected chi connectivity index (χ4v) is 3.79. The molecule has 0 saturated carbocycles. The van der Waals surface area contributed by atoms with Gasteiger partial charge in [-0.1, -0.05) is 29.8 Å². The lowest BCUT2D eigenvalue weighted by atomic mass is 10.1. The zero-order chi connectivity index (χ0) is 20.9. The molecule has 0 amide bonds. The van der Waals surface area contributed by atoms with E-state index in [-0.39, 0.29) is 17.8 Å². The topological polar surface area (TPSA) is 79.6 Å². The Morgan fingerprint density at radius 2 is 1.79 bits per heavy atom. The third kappa shape index (κ3) is 3.00. The van der Waals surface area contributed by atoms with Gasteiger partial charge in [-0.25, -0.2) is 9.48 Å². The minimum atomic E-state index is -0.385. The molecule has 0 radical (unpaired) electrons. The lowest BCUT2D eigenvalue weighted by molar-refractivity contribution is 0.649. The largest absolute Gasteiger partial charge is 0.332 e. The number of fused-ring (bicyclic) bond motifs is 1. The first kappa shape index (κ1) is 18.9. The molecule has 0 unspecified atom stereocenters. The predicted molar refractivity (Wildman–Crippen MR) is 112 cm³/mol. The molecule has 0 saturated heterocycles. The van der Waals surface area contributed by atoms with Gasteiger partial charge in [0.2, 0.25) is 5.95 Å². The van der Waals surface area contributed by atoms with Crippen molar-refractivity contribution >= 4 is 11.2 Å². The van der Waals surface area contributed by atoms with Gasteiger partial charge in [-0.05, 0) is 39.3 Å². The molecule has 1 aromatic carbocycles. The SMILES string of the molecule is CCn1c(-n2nc(C)cc2C)nc2c1c(=O)n(Cc1cccc(C)c1)c(=O)n2C. The van der Waals surface area contributed by atoms with E-state index in [0.717, 1.165) is 22.5 Å². The maximum absolute atomic E-state index is 13.4. The second-order valence-corrected chi connectivity index (χ2v) is 7.39. The third-order valence-corrected chi connectivity index (χ3v) is 5.15. The molecule has 0 atom stereocenters. The molecule has 4 rings (SSSR count). The second kappa shape index (κ2) is 6.88. The van der Waals surface area contributed by atoms with Crippen LogP contribution in [0.4, 0.5) is 0 Å². The van der Waals surface area contributed by atoms with Crippen LogP contribution in [-0.2, 0) is 20.1 Å². The van der Waals surface area contributed by atoms with Crippen LogP contribution in [0.5, 0.6) is 0 Å². The van der Waals surface area contributed by atoms with Crippen molar-refractivity contribution in [1.29, 1.82) is 0 Å². The molecule has 0 aliphatic rings. The molecule has 0 fully saturated rings. The summed E-state index contributed by atoms with van der Waals surface area (Å²) in [4.78, 5) is 31.0. The van der Waals surface area contributed by atoms with Gasteiger partial charge in [0.15, 0.2) is 11.2 Å². The summed E-state index contributed by atoms with van der Waals surface area (Å²) in [5.41, 5.74) is 3.82. The van der Waals surface area contributed by atoms with Crippen molar-refractivity contribution < 1.29 is 0 Å². The molecule has 150 valence electrons. The van der Waals surface area contributed by atoms with E-state index in [1.807, 2.05) is 62.6 Å². The Morgan fingerprint density at radius 3 is 2.41 bits per heavy atom. The quantitative estimate of drug-likeness (QED) is 0.533. The molecule has 4 aromatic rings. The Kier molecular flexibility index (Phi) is 4.49. The number of benzene rings is 1. The molecular formula is C21H24N6O2. The van der Waals surface area contributed by atoms with Gasteiger partial charge in [0.25, 0.3) is 5.56 Å². The van der Waals surface area contributed by atoms with E-state index in [1.54, 1.807) is 11.7 Å². The third-order valence-electron chi connectivity index (χ3n) is 5.15. The standard InChI is InChI=1S/C21H24N6O2/c1-6-25-17-18(22-20(25)27-15(4)11-14(3)23-27)24(5)21(29)26(19(17)28)12-16-9-7-8-13(2)10-16/h7-11H,6,12H2,1-5H3. The summed E-state index contributed by atoms with van der Waals surface area (Å²) >= 11 is 0. The van der Waals surface area contributed by atoms with Crippen molar-refractivity contribution in [3.05, 3.63) is 73.7 Å². The van der Waals surface area contributed by atoms with Crippen molar-refractivity contribution in [2.24, 2.45) is 7.05 Å². The Bertz CT molecular complexity index is 1350. The molecule has 3 aromatic heterocycles. The lowest BCUT2D eigenvalue weighted by Crippen LogP contribution is -2.40. The first-order chi connectivity index (χ1) is 13.8. The Balaban J connectivity index is 2.00. The van der Waals surface area contributed by atoms with Crippen LogP contribution >= 0.6 is 0 Å². The van der Waals surface area contributed by atoms with E-state index in [1.165, 1.54) is 9.13 Å². The van der Waals surface area contributed by atoms with Gasteiger partial charge < -0.3 is 4.57 Å². The highest BCUT2D eigenvalue weighted by molar-refractivity contribution is 5.72. The number of aryl methyl sites for hydroxylation is 5. The molecule has 8 heteroatoms. The molecule has 0 aliphatic heterocycles. The van der Waals surface area contributed by atoms with Crippen molar-refractivity contribution in [3.63, 3.8) is 0 Å². The van der Waals surface area contributed by atoms with Gasteiger partial charge in [-0.3, -0.25) is 13.9 Å². The van der Waals surface area contributed by atoms with E-state index < -0.39 is 0 Å². The molecule has 0 aliphatic carbocycles. The number of aromatic nitrogens is 6. The highest BCUT2D eigenvalue weighted by atomic mass is 16.2. The first-order valence-electron chi connectivity index (χ1n) is 9.61. The average molecular weight is 392 g/mol. The molecular weight excluding hydrogens is 368 g/mol. The normalized spacial score (nSPS) is 11.5. The zero-order valence-corrected chi connectivity index (χ0v) is 17.3. The minimum absolute atomic E-state index is 0.216. The van der Waals surface area contributed by atoms with E-state index >= 15 is 0 Å². The highest BCUT2D eigenvalue weighted by Gasteiger charge is 2.21. The molecule has 0 spiro atoms. The van der Waals surface area contributed by atoms with E-state index in [4.69, 9.17) is 0 Å². The Morgan fingerprint density at radius 1 is 1.03 bits per heavy atom. The van der Waals surface area contributed by atoms with E-state index in [2.05, 4.69) is 10.1 Å². The summed E-state index contributed by atoms with van der Waals surface area (Å²) in [6.07, 6.45) is 0. The van der Waals surface area contributed by atoms with E-state index in [0.29, 0.717) is 23.7 Å². The van der Waals surface area contributed by atoms with Crippen molar-refractivity contribution in [3.8, 4) is 5.95 Å². The molecule has 8 nitrogen and oxygen atoms in total. The molecule has 0 N–H and O–H groups in total.